The first-order valence-corrected chi connectivity index (χ1v) is 6.14. The van der Waals surface area contributed by atoms with Crippen LogP contribution in [0.4, 0.5) is 6.01 Å². The van der Waals surface area contributed by atoms with Gasteiger partial charge in [-0.15, -0.1) is 0 Å². The maximum Gasteiger partial charge on any atom is 0.322 e. The van der Waals surface area contributed by atoms with Crippen LogP contribution >= 0.6 is 0 Å². The topological polar surface area (TPSA) is 81.7 Å². The van der Waals surface area contributed by atoms with Gasteiger partial charge in [-0.2, -0.15) is 10.1 Å². The fourth-order valence-corrected chi connectivity index (χ4v) is 2.20. The van der Waals surface area contributed by atoms with Gasteiger partial charge in [0.05, 0.1) is 12.1 Å². The molecule has 0 saturated carbocycles. The van der Waals surface area contributed by atoms with Gasteiger partial charge in [0.1, 0.15) is 12.2 Å². The zero-order valence-electron chi connectivity index (χ0n) is 10.7. The lowest BCUT2D eigenvalue weighted by Gasteiger charge is -2.07. The van der Waals surface area contributed by atoms with E-state index in [1.807, 2.05) is 18.5 Å². The van der Waals surface area contributed by atoms with Crippen molar-refractivity contribution in [3.63, 3.8) is 0 Å². The molecular weight excluding hydrogens is 232 g/mol. The lowest BCUT2D eigenvalue weighted by atomic mass is 10.2. The molecule has 0 fully saturated rings. The molecule has 7 heteroatoms. The van der Waals surface area contributed by atoms with E-state index in [9.17, 15) is 0 Å². The predicted molar refractivity (Wildman–Crippen MR) is 64.1 cm³/mol. The van der Waals surface area contributed by atoms with Crippen LogP contribution in [0.3, 0.4) is 0 Å². The molecule has 2 aromatic rings. The Morgan fingerprint density at radius 2 is 2.33 bits per heavy atom. The molecule has 0 radical (unpaired) electrons. The molecule has 0 spiro atoms. The maximum atomic E-state index is 5.19. The summed E-state index contributed by atoms with van der Waals surface area (Å²) in [5, 5.41) is 11.4. The van der Waals surface area contributed by atoms with Gasteiger partial charge in [0.25, 0.3) is 0 Å². The number of anilines is 1. The zero-order valence-corrected chi connectivity index (χ0v) is 10.7. The monoisotopic (exact) mass is 248 g/mol. The summed E-state index contributed by atoms with van der Waals surface area (Å²) in [5.74, 6) is 1.90. The normalized spacial score (nSPS) is 22.4. The molecule has 0 amide bonds. The first-order chi connectivity index (χ1) is 8.65. The largest absolute Gasteiger partial charge is 0.328 e. The van der Waals surface area contributed by atoms with Crippen LogP contribution in [0.5, 0.6) is 0 Å². The Bertz CT molecular complexity index is 545. The highest BCUT2D eigenvalue weighted by Crippen LogP contribution is 2.33. The van der Waals surface area contributed by atoms with Gasteiger partial charge >= 0.3 is 6.01 Å². The number of aromatic nitrogens is 5. The third kappa shape index (κ3) is 1.75. The standard InChI is InChI=1S/C11H16N6O/c1-6(2)9-15-11(18-16-9)14-8-4-7(3)17-10(8)12-5-13-17/h5-8H,4H2,1-3H3,(H,14,15,16). The van der Waals surface area contributed by atoms with E-state index in [1.54, 1.807) is 6.33 Å². The Morgan fingerprint density at radius 1 is 1.50 bits per heavy atom. The molecule has 3 rings (SSSR count). The minimum atomic E-state index is 0.0861. The van der Waals surface area contributed by atoms with Gasteiger partial charge in [-0.05, 0) is 13.3 Å². The van der Waals surface area contributed by atoms with Crippen molar-refractivity contribution in [3.05, 3.63) is 18.0 Å². The average molecular weight is 248 g/mol. The smallest absolute Gasteiger partial charge is 0.322 e. The zero-order chi connectivity index (χ0) is 12.7. The average Bonchev–Trinajstić information content (AvgIpc) is 3.00. The van der Waals surface area contributed by atoms with Gasteiger partial charge in [-0.1, -0.05) is 19.0 Å². The molecule has 0 bridgehead atoms. The van der Waals surface area contributed by atoms with E-state index in [1.165, 1.54) is 0 Å². The number of fused-ring (bicyclic) bond motifs is 1. The number of nitrogens with one attached hydrogen (secondary N) is 1. The van der Waals surface area contributed by atoms with Crippen molar-refractivity contribution >= 4 is 6.01 Å². The number of rotatable bonds is 3. The van der Waals surface area contributed by atoms with E-state index in [-0.39, 0.29) is 12.0 Å². The van der Waals surface area contributed by atoms with E-state index in [2.05, 4.69) is 32.5 Å². The van der Waals surface area contributed by atoms with Gasteiger partial charge in [-0.3, -0.25) is 0 Å². The van der Waals surface area contributed by atoms with Crippen molar-refractivity contribution < 1.29 is 4.52 Å². The summed E-state index contributed by atoms with van der Waals surface area (Å²) in [6.45, 7) is 6.18. The van der Waals surface area contributed by atoms with E-state index in [0.717, 1.165) is 12.2 Å². The van der Waals surface area contributed by atoms with Crippen molar-refractivity contribution in [3.8, 4) is 0 Å². The van der Waals surface area contributed by atoms with E-state index < -0.39 is 0 Å². The molecule has 1 aliphatic heterocycles. The Balaban J connectivity index is 1.78. The van der Waals surface area contributed by atoms with Crippen molar-refractivity contribution in [2.75, 3.05) is 5.32 Å². The van der Waals surface area contributed by atoms with Gasteiger partial charge in [-0.25, -0.2) is 9.67 Å². The molecule has 2 aromatic heterocycles. The van der Waals surface area contributed by atoms with E-state index in [0.29, 0.717) is 17.9 Å². The van der Waals surface area contributed by atoms with Crippen LogP contribution < -0.4 is 5.32 Å². The summed E-state index contributed by atoms with van der Waals surface area (Å²) >= 11 is 0. The third-order valence-corrected chi connectivity index (χ3v) is 3.16. The van der Waals surface area contributed by atoms with Crippen LogP contribution in [0.1, 0.15) is 56.8 Å². The molecule has 1 N–H and O–H groups in total. The summed E-state index contributed by atoms with van der Waals surface area (Å²) in [6, 6.07) is 0.878. The minimum Gasteiger partial charge on any atom is -0.328 e. The van der Waals surface area contributed by atoms with Crippen molar-refractivity contribution in [1.82, 2.24) is 24.9 Å². The summed E-state index contributed by atoms with van der Waals surface area (Å²) in [4.78, 5) is 8.58. The molecule has 0 saturated heterocycles. The maximum absolute atomic E-state index is 5.19. The van der Waals surface area contributed by atoms with Crippen LogP contribution in [-0.4, -0.2) is 24.9 Å². The molecule has 3 heterocycles. The molecule has 0 aliphatic carbocycles. The molecule has 0 aromatic carbocycles. The lowest BCUT2D eigenvalue weighted by molar-refractivity contribution is 0.414. The molecule has 1 aliphatic rings. The highest BCUT2D eigenvalue weighted by molar-refractivity contribution is 5.25. The van der Waals surface area contributed by atoms with E-state index >= 15 is 0 Å². The first kappa shape index (κ1) is 11.2. The van der Waals surface area contributed by atoms with Crippen molar-refractivity contribution in [2.45, 2.75) is 45.2 Å². The molecule has 2 atom stereocenters. The van der Waals surface area contributed by atoms with Gasteiger partial charge in [0, 0.05) is 5.92 Å². The SMILES string of the molecule is CC(C)c1noc(NC2CC(C)n3ncnc32)n1. The quantitative estimate of drug-likeness (QED) is 0.893. The highest BCUT2D eigenvalue weighted by atomic mass is 16.5. The molecule has 96 valence electrons. The van der Waals surface area contributed by atoms with Gasteiger partial charge in [0.2, 0.25) is 0 Å². The van der Waals surface area contributed by atoms with Crippen LogP contribution in [-0.2, 0) is 0 Å². The second kappa shape index (κ2) is 4.08. The van der Waals surface area contributed by atoms with Crippen LogP contribution in [0.15, 0.2) is 10.9 Å². The number of hydrogen-bond acceptors (Lipinski definition) is 6. The second-order valence-electron chi connectivity index (χ2n) is 4.96. The Morgan fingerprint density at radius 3 is 3.06 bits per heavy atom. The van der Waals surface area contributed by atoms with Gasteiger partial charge < -0.3 is 9.84 Å². The Labute approximate surface area is 105 Å². The fraction of sp³-hybridized carbons (Fsp3) is 0.636. The summed E-state index contributed by atoms with van der Waals surface area (Å²) < 4.78 is 7.11. The fourth-order valence-electron chi connectivity index (χ4n) is 2.20. The molecule has 18 heavy (non-hydrogen) atoms. The van der Waals surface area contributed by atoms with Crippen molar-refractivity contribution in [1.29, 1.82) is 0 Å². The lowest BCUT2D eigenvalue weighted by Crippen LogP contribution is -2.08. The Kier molecular flexibility index (Phi) is 2.53. The van der Waals surface area contributed by atoms with Crippen LogP contribution in [0.2, 0.25) is 0 Å². The van der Waals surface area contributed by atoms with Crippen LogP contribution in [0.25, 0.3) is 0 Å². The number of nitrogens with zero attached hydrogens (tertiary/aromatic N) is 5. The van der Waals surface area contributed by atoms with E-state index in [4.69, 9.17) is 4.52 Å². The van der Waals surface area contributed by atoms with Crippen molar-refractivity contribution in [2.24, 2.45) is 0 Å². The second-order valence-corrected chi connectivity index (χ2v) is 4.96. The Hall–Kier alpha value is -1.92. The first-order valence-electron chi connectivity index (χ1n) is 6.14. The highest BCUT2D eigenvalue weighted by Gasteiger charge is 2.31. The molecular formula is C11H16N6O. The van der Waals surface area contributed by atoms with Crippen LogP contribution in [0, 0.1) is 0 Å². The molecule has 7 nitrogen and oxygen atoms in total. The minimum absolute atomic E-state index is 0.0861. The summed E-state index contributed by atoms with van der Waals surface area (Å²) in [7, 11) is 0. The third-order valence-electron chi connectivity index (χ3n) is 3.16. The summed E-state index contributed by atoms with van der Waals surface area (Å²) in [6.07, 6.45) is 2.50. The van der Waals surface area contributed by atoms with Gasteiger partial charge in [0.15, 0.2) is 5.82 Å². The summed E-state index contributed by atoms with van der Waals surface area (Å²) in [5.41, 5.74) is 0. The predicted octanol–water partition coefficient (Wildman–Crippen LogP) is 1.90. The number of hydrogen-bond donors (Lipinski definition) is 1. The molecule has 2 unspecified atom stereocenters.